The molecule has 5 nitrogen and oxygen atoms in total. The van der Waals surface area contributed by atoms with Crippen molar-refractivity contribution in [3.8, 4) is 0 Å². The summed E-state index contributed by atoms with van der Waals surface area (Å²) in [5.74, 6) is 0.353. The normalized spacial score (nSPS) is 20.5. The highest BCUT2D eigenvalue weighted by atomic mass is 32.2. The molecule has 0 spiro atoms. The molecule has 0 aromatic heterocycles. The largest absolute Gasteiger partial charge is 0.342 e. The van der Waals surface area contributed by atoms with Crippen LogP contribution >= 0.6 is 0 Å². The van der Waals surface area contributed by atoms with Gasteiger partial charge in [-0.05, 0) is 27.2 Å². The van der Waals surface area contributed by atoms with E-state index in [1.54, 1.807) is 4.90 Å². The Kier molecular flexibility index (Phi) is 5.16. The number of carbonyl (C=O) groups is 1. The summed E-state index contributed by atoms with van der Waals surface area (Å²) < 4.78 is 22.9. The van der Waals surface area contributed by atoms with Gasteiger partial charge in [0.1, 0.15) is 0 Å². The van der Waals surface area contributed by atoms with E-state index in [1.165, 1.54) is 0 Å². The van der Waals surface area contributed by atoms with Crippen LogP contribution < -0.4 is 5.32 Å². The van der Waals surface area contributed by atoms with Crippen LogP contribution in [0.25, 0.3) is 0 Å². The number of rotatable bonds is 3. The first-order chi connectivity index (χ1) is 8.20. The van der Waals surface area contributed by atoms with Gasteiger partial charge in [0.05, 0.1) is 11.5 Å². The Morgan fingerprint density at radius 1 is 1.22 bits per heavy atom. The number of carbonyl (C=O) groups excluding carboxylic acids is 1. The fraction of sp³-hybridized carbons (Fsp3) is 0.917. The van der Waals surface area contributed by atoms with Gasteiger partial charge in [0.15, 0.2) is 9.84 Å². The van der Waals surface area contributed by atoms with E-state index >= 15 is 0 Å². The van der Waals surface area contributed by atoms with Gasteiger partial charge in [0.25, 0.3) is 0 Å². The lowest BCUT2D eigenvalue weighted by Crippen LogP contribution is -2.40. The summed E-state index contributed by atoms with van der Waals surface area (Å²) in [6, 6.07) is 0. The van der Waals surface area contributed by atoms with Crippen LogP contribution in [0.2, 0.25) is 0 Å². The standard InChI is InChI=1S/C12H24N2O3S/c1-12(2,3)13-6-5-11(15)14-7-4-9-18(16,17)10-8-14/h13H,4-10H2,1-3H3. The Hall–Kier alpha value is -0.620. The van der Waals surface area contributed by atoms with Crippen LogP contribution in [0.3, 0.4) is 0 Å². The summed E-state index contributed by atoms with van der Waals surface area (Å²) in [7, 11) is -2.94. The van der Waals surface area contributed by atoms with Gasteiger partial charge >= 0.3 is 0 Å². The molecule has 1 saturated heterocycles. The molecule has 0 saturated carbocycles. The van der Waals surface area contributed by atoms with Gasteiger partial charge in [-0.15, -0.1) is 0 Å². The third kappa shape index (κ3) is 5.82. The monoisotopic (exact) mass is 276 g/mol. The highest BCUT2D eigenvalue weighted by Crippen LogP contribution is 2.07. The molecule has 0 aromatic carbocycles. The number of hydrogen-bond acceptors (Lipinski definition) is 4. The number of sulfone groups is 1. The number of hydrogen-bond donors (Lipinski definition) is 1. The summed E-state index contributed by atoms with van der Waals surface area (Å²) in [5.41, 5.74) is 0.00239. The lowest BCUT2D eigenvalue weighted by molar-refractivity contribution is -0.130. The van der Waals surface area contributed by atoms with Crippen molar-refractivity contribution in [3.05, 3.63) is 0 Å². The molecule has 0 atom stereocenters. The summed E-state index contributed by atoms with van der Waals surface area (Å²) >= 11 is 0. The van der Waals surface area contributed by atoms with Crippen LogP contribution in [0.15, 0.2) is 0 Å². The zero-order valence-electron chi connectivity index (χ0n) is 11.5. The molecule has 0 aliphatic carbocycles. The molecule has 1 N–H and O–H groups in total. The van der Waals surface area contributed by atoms with Crippen molar-refractivity contribution >= 4 is 15.7 Å². The molecular weight excluding hydrogens is 252 g/mol. The molecular formula is C12H24N2O3S. The van der Waals surface area contributed by atoms with Gasteiger partial charge in [0, 0.05) is 31.6 Å². The van der Waals surface area contributed by atoms with Crippen molar-refractivity contribution in [1.82, 2.24) is 10.2 Å². The van der Waals surface area contributed by atoms with Crippen molar-refractivity contribution in [2.24, 2.45) is 0 Å². The fourth-order valence-corrected chi connectivity index (χ4v) is 3.16. The number of nitrogens with one attached hydrogen (secondary N) is 1. The molecule has 106 valence electrons. The Balaban J connectivity index is 2.38. The van der Waals surface area contributed by atoms with Gasteiger partial charge in [0.2, 0.25) is 5.91 Å². The average molecular weight is 276 g/mol. The fourth-order valence-electron chi connectivity index (χ4n) is 1.89. The van der Waals surface area contributed by atoms with Crippen LogP contribution in [0, 0.1) is 0 Å². The minimum Gasteiger partial charge on any atom is -0.342 e. The molecule has 1 aliphatic heterocycles. The zero-order chi connectivity index (χ0) is 13.8. The second-order valence-corrected chi connectivity index (χ2v) is 8.12. The van der Waals surface area contributed by atoms with Gasteiger partial charge in [-0.2, -0.15) is 0 Å². The molecule has 1 amide bonds. The molecule has 6 heteroatoms. The van der Waals surface area contributed by atoms with E-state index in [2.05, 4.69) is 26.1 Å². The minimum absolute atomic E-state index is 0.00239. The SMILES string of the molecule is CC(C)(C)NCCC(=O)N1CCCS(=O)(=O)CC1. The van der Waals surface area contributed by atoms with E-state index in [0.717, 1.165) is 0 Å². The van der Waals surface area contributed by atoms with Gasteiger partial charge in [-0.25, -0.2) is 8.42 Å². The van der Waals surface area contributed by atoms with E-state index in [4.69, 9.17) is 0 Å². The van der Waals surface area contributed by atoms with E-state index in [1.807, 2.05) is 0 Å². The summed E-state index contributed by atoms with van der Waals surface area (Å²) in [4.78, 5) is 13.6. The molecule has 1 aliphatic rings. The van der Waals surface area contributed by atoms with Crippen LogP contribution in [-0.2, 0) is 14.6 Å². The first-order valence-electron chi connectivity index (χ1n) is 6.43. The van der Waals surface area contributed by atoms with Crippen molar-refractivity contribution in [1.29, 1.82) is 0 Å². The van der Waals surface area contributed by atoms with Crippen molar-refractivity contribution in [3.63, 3.8) is 0 Å². The van der Waals surface area contributed by atoms with E-state index in [-0.39, 0.29) is 23.0 Å². The molecule has 0 radical (unpaired) electrons. The third-order valence-electron chi connectivity index (χ3n) is 2.90. The van der Waals surface area contributed by atoms with Crippen LogP contribution in [0.5, 0.6) is 0 Å². The Bertz CT molecular complexity index is 385. The van der Waals surface area contributed by atoms with Crippen molar-refractivity contribution in [2.75, 3.05) is 31.1 Å². The molecule has 1 heterocycles. The molecule has 18 heavy (non-hydrogen) atoms. The Morgan fingerprint density at radius 2 is 1.89 bits per heavy atom. The lowest BCUT2D eigenvalue weighted by atomic mass is 10.1. The Morgan fingerprint density at radius 3 is 2.50 bits per heavy atom. The third-order valence-corrected chi connectivity index (χ3v) is 4.62. The summed E-state index contributed by atoms with van der Waals surface area (Å²) in [6.07, 6.45) is 0.984. The van der Waals surface area contributed by atoms with Crippen LogP contribution in [-0.4, -0.2) is 55.9 Å². The first-order valence-corrected chi connectivity index (χ1v) is 8.25. The quantitative estimate of drug-likeness (QED) is 0.811. The van der Waals surface area contributed by atoms with Crippen LogP contribution in [0.4, 0.5) is 0 Å². The van der Waals surface area contributed by atoms with E-state index in [0.29, 0.717) is 32.5 Å². The van der Waals surface area contributed by atoms with Crippen LogP contribution in [0.1, 0.15) is 33.6 Å². The van der Waals surface area contributed by atoms with Crippen molar-refractivity contribution in [2.45, 2.75) is 39.2 Å². The second-order valence-electron chi connectivity index (χ2n) is 5.81. The van der Waals surface area contributed by atoms with E-state index < -0.39 is 9.84 Å². The number of amides is 1. The molecule has 1 fully saturated rings. The maximum absolute atomic E-state index is 11.9. The Labute approximate surface area is 110 Å². The maximum Gasteiger partial charge on any atom is 0.223 e. The molecule has 0 aromatic rings. The predicted octanol–water partition coefficient (Wildman–Crippen LogP) is 0.412. The first kappa shape index (κ1) is 15.4. The highest BCUT2D eigenvalue weighted by molar-refractivity contribution is 7.91. The molecule has 0 unspecified atom stereocenters. The van der Waals surface area contributed by atoms with Gasteiger partial charge in [-0.1, -0.05) is 0 Å². The molecule has 1 rings (SSSR count). The smallest absolute Gasteiger partial charge is 0.223 e. The summed E-state index contributed by atoms with van der Waals surface area (Å²) in [6.45, 7) is 7.69. The molecule has 0 bridgehead atoms. The second kappa shape index (κ2) is 6.02. The highest BCUT2D eigenvalue weighted by Gasteiger charge is 2.22. The zero-order valence-corrected chi connectivity index (χ0v) is 12.3. The summed E-state index contributed by atoms with van der Waals surface area (Å²) in [5, 5.41) is 3.26. The lowest BCUT2D eigenvalue weighted by Gasteiger charge is -2.23. The topological polar surface area (TPSA) is 66.5 Å². The maximum atomic E-state index is 11.9. The average Bonchev–Trinajstić information content (AvgIpc) is 2.37. The van der Waals surface area contributed by atoms with Crippen molar-refractivity contribution < 1.29 is 13.2 Å². The van der Waals surface area contributed by atoms with E-state index in [9.17, 15) is 13.2 Å². The number of nitrogens with zero attached hydrogens (tertiary/aromatic N) is 1. The van der Waals surface area contributed by atoms with Gasteiger partial charge in [-0.3, -0.25) is 4.79 Å². The minimum atomic E-state index is -2.94. The predicted molar refractivity (Wildman–Crippen MR) is 72.2 cm³/mol. The van der Waals surface area contributed by atoms with Gasteiger partial charge < -0.3 is 10.2 Å².